The van der Waals surface area contributed by atoms with Crippen LogP contribution in [-0.4, -0.2) is 10.8 Å². The second-order valence-electron chi connectivity index (χ2n) is 3.32. The maximum absolute atomic E-state index is 13.4. The smallest absolute Gasteiger partial charge is 0.141 e. The first kappa shape index (κ1) is 11.6. The van der Waals surface area contributed by atoms with Gasteiger partial charge in [-0.3, -0.25) is 10.4 Å². The molecule has 3 nitrogen and oxygen atoms in total. The van der Waals surface area contributed by atoms with E-state index in [1.807, 2.05) is 0 Å². The van der Waals surface area contributed by atoms with Gasteiger partial charge in [-0.2, -0.15) is 0 Å². The van der Waals surface area contributed by atoms with Gasteiger partial charge in [-0.1, -0.05) is 23.9 Å². The lowest BCUT2D eigenvalue weighted by molar-refractivity contribution is 0.602. The van der Waals surface area contributed by atoms with Crippen molar-refractivity contribution >= 4 is 17.6 Å². The van der Waals surface area contributed by atoms with E-state index < -0.39 is 0 Å². The number of hydrogen-bond donors (Lipinski definition) is 2. The quantitative estimate of drug-likeness (QED) is 0.647. The van der Waals surface area contributed by atoms with Gasteiger partial charge in [0.05, 0.1) is 0 Å². The van der Waals surface area contributed by atoms with Crippen LogP contribution in [-0.2, 0) is 0 Å². The number of halogens is 1. The molecule has 0 spiro atoms. The molecule has 0 aliphatic rings. The molecule has 1 aromatic carbocycles. The maximum Gasteiger partial charge on any atom is 0.141 e. The Morgan fingerprint density at radius 3 is 2.76 bits per heavy atom. The second-order valence-corrected chi connectivity index (χ2v) is 4.44. The summed E-state index contributed by atoms with van der Waals surface area (Å²) in [6.45, 7) is 0. The standard InChI is InChI=1S/C12H10FN3S/c13-9-3-1-2-4-11(9)17-8-5-6-16-10(7-8)12(14)15/h1-7H,(H3,14,15). The number of pyridine rings is 1. The molecule has 2 rings (SSSR count). The number of aromatic nitrogens is 1. The summed E-state index contributed by atoms with van der Waals surface area (Å²) >= 11 is 1.28. The Balaban J connectivity index is 2.28. The summed E-state index contributed by atoms with van der Waals surface area (Å²) in [6.07, 6.45) is 1.56. The van der Waals surface area contributed by atoms with Crippen molar-refractivity contribution in [3.63, 3.8) is 0 Å². The molecule has 0 fully saturated rings. The third-order valence-corrected chi connectivity index (χ3v) is 3.11. The molecular formula is C12H10FN3S. The minimum Gasteiger partial charge on any atom is -0.382 e. The highest BCUT2D eigenvalue weighted by atomic mass is 32.2. The SMILES string of the molecule is N=C(N)c1cc(Sc2ccccc2F)ccn1. The van der Waals surface area contributed by atoms with Crippen LogP contribution in [0.1, 0.15) is 5.69 Å². The Bertz CT molecular complexity index is 557. The van der Waals surface area contributed by atoms with Crippen LogP contribution in [0.4, 0.5) is 4.39 Å². The number of hydrogen-bond acceptors (Lipinski definition) is 3. The van der Waals surface area contributed by atoms with Crippen LogP contribution in [0.2, 0.25) is 0 Å². The van der Waals surface area contributed by atoms with Gasteiger partial charge in [0.25, 0.3) is 0 Å². The molecule has 86 valence electrons. The van der Waals surface area contributed by atoms with Crippen molar-refractivity contribution in [3.8, 4) is 0 Å². The first-order valence-corrected chi connectivity index (χ1v) is 5.71. The molecule has 0 atom stereocenters. The number of nitrogens with one attached hydrogen (secondary N) is 1. The van der Waals surface area contributed by atoms with E-state index in [4.69, 9.17) is 11.1 Å². The first-order valence-electron chi connectivity index (χ1n) is 4.89. The molecule has 0 saturated carbocycles. The third-order valence-electron chi connectivity index (χ3n) is 2.07. The van der Waals surface area contributed by atoms with Gasteiger partial charge in [0.2, 0.25) is 0 Å². The van der Waals surface area contributed by atoms with Crippen molar-refractivity contribution in [1.29, 1.82) is 5.41 Å². The van der Waals surface area contributed by atoms with E-state index in [1.54, 1.807) is 36.5 Å². The highest BCUT2D eigenvalue weighted by Gasteiger charge is 2.05. The van der Waals surface area contributed by atoms with E-state index >= 15 is 0 Å². The average Bonchev–Trinajstić information content (AvgIpc) is 2.32. The van der Waals surface area contributed by atoms with E-state index in [1.165, 1.54) is 17.8 Å². The summed E-state index contributed by atoms with van der Waals surface area (Å²) in [5.74, 6) is -0.361. The van der Waals surface area contributed by atoms with Crippen LogP contribution in [0.25, 0.3) is 0 Å². The zero-order valence-corrected chi connectivity index (χ0v) is 9.67. The fourth-order valence-electron chi connectivity index (χ4n) is 1.28. The van der Waals surface area contributed by atoms with E-state index in [-0.39, 0.29) is 11.7 Å². The molecule has 17 heavy (non-hydrogen) atoms. The average molecular weight is 247 g/mol. The molecule has 0 unspecified atom stereocenters. The summed E-state index contributed by atoms with van der Waals surface area (Å²) in [5, 5.41) is 7.29. The first-order chi connectivity index (χ1) is 8.16. The number of benzene rings is 1. The normalized spacial score (nSPS) is 10.2. The Kier molecular flexibility index (Phi) is 3.39. The fourth-order valence-corrected chi connectivity index (χ4v) is 2.14. The molecule has 0 saturated heterocycles. The Morgan fingerprint density at radius 1 is 1.29 bits per heavy atom. The number of nitrogens with two attached hydrogens (primary N) is 1. The van der Waals surface area contributed by atoms with Crippen molar-refractivity contribution in [2.24, 2.45) is 5.73 Å². The van der Waals surface area contributed by atoms with Gasteiger partial charge >= 0.3 is 0 Å². The third kappa shape index (κ3) is 2.82. The lowest BCUT2D eigenvalue weighted by atomic mass is 10.3. The monoisotopic (exact) mass is 247 g/mol. The van der Waals surface area contributed by atoms with Crippen molar-refractivity contribution in [2.75, 3.05) is 0 Å². The molecule has 0 radical (unpaired) electrons. The second kappa shape index (κ2) is 4.97. The summed E-state index contributed by atoms with van der Waals surface area (Å²) < 4.78 is 13.4. The predicted octanol–water partition coefficient (Wildman–Crippen LogP) is 2.66. The summed E-state index contributed by atoms with van der Waals surface area (Å²) in [6, 6.07) is 9.96. The topological polar surface area (TPSA) is 62.8 Å². The number of nitrogen functional groups attached to an aromatic ring is 1. The lowest BCUT2D eigenvalue weighted by Gasteiger charge is -2.04. The van der Waals surface area contributed by atoms with Crippen LogP contribution in [0.15, 0.2) is 52.4 Å². The van der Waals surface area contributed by atoms with Gasteiger partial charge < -0.3 is 5.73 Å². The highest BCUT2D eigenvalue weighted by molar-refractivity contribution is 7.99. The van der Waals surface area contributed by atoms with E-state index in [0.717, 1.165) is 4.90 Å². The largest absolute Gasteiger partial charge is 0.382 e. The molecule has 1 aromatic heterocycles. The lowest BCUT2D eigenvalue weighted by Crippen LogP contribution is -2.12. The van der Waals surface area contributed by atoms with Crippen LogP contribution in [0.3, 0.4) is 0 Å². The summed E-state index contributed by atoms with van der Waals surface area (Å²) in [5.41, 5.74) is 5.74. The highest BCUT2D eigenvalue weighted by Crippen LogP contribution is 2.29. The molecule has 3 N–H and O–H groups in total. The molecule has 0 bridgehead atoms. The van der Waals surface area contributed by atoms with Crippen LogP contribution in [0.5, 0.6) is 0 Å². The van der Waals surface area contributed by atoms with Crippen molar-refractivity contribution in [1.82, 2.24) is 4.98 Å². The number of rotatable bonds is 3. The summed E-state index contributed by atoms with van der Waals surface area (Å²) in [4.78, 5) is 5.28. The Labute approximate surface area is 102 Å². The van der Waals surface area contributed by atoms with Crippen molar-refractivity contribution < 1.29 is 4.39 Å². The minimum atomic E-state index is -0.265. The van der Waals surface area contributed by atoms with Crippen molar-refractivity contribution in [3.05, 3.63) is 54.1 Å². The Hall–Kier alpha value is -1.88. The zero-order chi connectivity index (χ0) is 12.3. The van der Waals surface area contributed by atoms with Gasteiger partial charge in [0.1, 0.15) is 17.3 Å². The van der Waals surface area contributed by atoms with Crippen molar-refractivity contribution in [2.45, 2.75) is 9.79 Å². The molecular weight excluding hydrogens is 237 g/mol. The molecule has 0 aliphatic carbocycles. The molecule has 1 heterocycles. The van der Waals surface area contributed by atoms with E-state index in [2.05, 4.69) is 4.98 Å². The van der Waals surface area contributed by atoms with Crippen LogP contribution in [0, 0.1) is 11.2 Å². The molecule has 2 aromatic rings. The van der Waals surface area contributed by atoms with Gasteiger partial charge in [-0.25, -0.2) is 4.39 Å². The summed E-state index contributed by atoms with van der Waals surface area (Å²) in [7, 11) is 0. The van der Waals surface area contributed by atoms with E-state index in [0.29, 0.717) is 10.6 Å². The van der Waals surface area contributed by atoms with Gasteiger partial charge in [-0.15, -0.1) is 0 Å². The molecule has 0 amide bonds. The van der Waals surface area contributed by atoms with Gasteiger partial charge in [0.15, 0.2) is 0 Å². The van der Waals surface area contributed by atoms with Crippen LogP contribution < -0.4 is 5.73 Å². The zero-order valence-electron chi connectivity index (χ0n) is 8.85. The maximum atomic E-state index is 13.4. The van der Waals surface area contributed by atoms with Gasteiger partial charge in [0, 0.05) is 16.0 Å². The fraction of sp³-hybridized carbons (Fsp3) is 0. The predicted molar refractivity (Wildman–Crippen MR) is 65.8 cm³/mol. The molecule has 5 heteroatoms. The number of nitrogens with zero attached hydrogens (tertiary/aromatic N) is 1. The van der Waals surface area contributed by atoms with E-state index in [9.17, 15) is 4.39 Å². The van der Waals surface area contributed by atoms with Gasteiger partial charge in [-0.05, 0) is 24.3 Å². The van der Waals surface area contributed by atoms with Crippen LogP contribution >= 0.6 is 11.8 Å². The Morgan fingerprint density at radius 2 is 2.06 bits per heavy atom. The minimum absolute atomic E-state index is 0.0963. The number of amidine groups is 1. The molecule has 0 aliphatic heterocycles.